The monoisotopic (exact) mass is 402 g/mol. The molecule has 2 aromatic carbocycles. The number of carbonyl (C=O) groups is 2. The first-order valence-corrected chi connectivity index (χ1v) is 9.26. The van der Waals surface area contributed by atoms with E-state index in [0.717, 1.165) is 0 Å². The maximum absolute atomic E-state index is 12.7. The van der Waals surface area contributed by atoms with Crippen LogP contribution in [0.3, 0.4) is 0 Å². The minimum absolute atomic E-state index is 0.0137. The molecule has 4 N–H and O–H groups in total. The zero-order chi connectivity index (χ0) is 21.3. The van der Waals surface area contributed by atoms with E-state index in [9.17, 15) is 14.4 Å². The first-order chi connectivity index (χ1) is 14.5. The van der Waals surface area contributed by atoms with Gasteiger partial charge in [0.15, 0.2) is 0 Å². The molecule has 0 bridgehead atoms. The van der Waals surface area contributed by atoms with E-state index in [4.69, 9.17) is 10.5 Å². The molecule has 0 unspecified atom stereocenters. The highest BCUT2D eigenvalue weighted by Gasteiger charge is 2.16. The van der Waals surface area contributed by atoms with Crippen LogP contribution in [0.25, 0.3) is 21.8 Å². The number of amides is 1. The number of carbonyl (C=O) groups excluding carboxylic acids is 2. The van der Waals surface area contributed by atoms with E-state index in [1.54, 1.807) is 49.4 Å². The van der Waals surface area contributed by atoms with Crippen LogP contribution >= 0.6 is 0 Å². The van der Waals surface area contributed by atoms with Crippen LogP contribution in [-0.2, 0) is 4.74 Å². The van der Waals surface area contributed by atoms with E-state index in [0.29, 0.717) is 27.5 Å². The summed E-state index contributed by atoms with van der Waals surface area (Å²) in [5.74, 6) is -1.13. The lowest BCUT2D eigenvalue weighted by atomic mass is 10.1. The lowest BCUT2D eigenvalue weighted by Crippen LogP contribution is -2.21. The van der Waals surface area contributed by atoms with Gasteiger partial charge in [-0.3, -0.25) is 14.6 Å². The second kappa shape index (κ2) is 7.67. The number of aromatic amines is 1. The number of nitrogens with two attached hydrogens (primary N) is 1. The van der Waals surface area contributed by atoms with E-state index in [-0.39, 0.29) is 28.8 Å². The van der Waals surface area contributed by atoms with Crippen LogP contribution in [-0.4, -0.2) is 28.5 Å². The van der Waals surface area contributed by atoms with Crippen molar-refractivity contribution in [2.24, 2.45) is 0 Å². The zero-order valence-electron chi connectivity index (χ0n) is 16.1. The second-order valence-electron chi connectivity index (χ2n) is 6.57. The van der Waals surface area contributed by atoms with Gasteiger partial charge in [-0.1, -0.05) is 12.1 Å². The van der Waals surface area contributed by atoms with Crippen LogP contribution in [0.4, 0.5) is 11.4 Å². The van der Waals surface area contributed by atoms with Gasteiger partial charge in [-0.05, 0) is 37.3 Å². The molecule has 0 saturated heterocycles. The van der Waals surface area contributed by atoms with Crippen molar-refractivity contribution in [3.63, 3.8) is 0 Å². The zero-order valence-corrected chi connectivity index (χ0v) is 16.1. The average Bonchev–Trinajstić information content (AvgIpc) is 2.75. The molecule has 0 aliphatic carbocycles. The molecule has 0 spiro atoms. The Morgan fingerprint density at radius 2 is 1.93 bits per heavy atom. The van der Waals surface area contributed by atoms with Crippen molar-refractivity contribution < 1.29 is 14.3 Å². The Hall–Kier alpha value is -4.20. The number of nitrogens with one attached hydrogen (secondary N) is 2. The van der Waals surface area contributed by atoms with Gasteiger partial charge in [-0.2, -0.15) is 0 Å². The molecule has 0 atom stereocenters. The van der Waals surface area contributed by atoms with Crippen molar-refractivity contribution in [2.75, 3.05) is 17.7 Å². The normalized spacial score (nSPS) is 10.8. The van der Waals surface area contributed by atoms with E-state index < -0.39 is 11.9 Å². The first-order valence-electron chi connectivity index (χ1n) is 9.26. The lowest BCUT2D eigenvalue weighted by molar-refractivity contribution is 0.0527. The van der Waals surface area contributed by atoms with Gasteiger partial charge < -0.3 is 20.8 Å². The Labute approximate surface area is 170 Å². The molecule has 30 heavy (non-hydrogen) atoms. The van der Waals surface area contributed by atoms with Crippen LogP contribution in [0.5, 0.6) is 0 Å². The molecule has 0 fully saturated rings. The molecule has 4 aromatic rings. The molecule has 4 rings (SSSR count). The topological polar surface area (TPSA) is 127 Å². The van der Waals surface area contributed by atoms with Crippen molar-refractivity contribution in [3.8, 4) is 0 Å². The number of fused-ring (bicyclic) bond motifs is 2. The first kappa shape index (κ1) is 19.1. The van der Waals surface area contributed by atoms with Gasteiger partial charge in [-0.15, -0.1) is 0 Å². The largest absolute Gasteiger partial charge is 0.462 e. The summed E-state index contributed by atoms with van der Waals surface area (Å²) in [7, 11) is 0. The number of nitrogens with zero attached hydrogens (tertiary/aromatic N) is 1. The molecular weight excluding hydrogens is 384 g/mol. The number of para-hydroxylation sites is 1. The molecule has 8 nitrogen and oxygen atoms in total. The van der Waals surface area contributed by atoms with E-state index in [1.165, 1.54) is 12.4 Å². The maximum Gasteiger partial charge on any atom is 0.341 e. The predicted molar refractivity (Wildman–Crippen MR) is 115 cm³/mol. The fourth-order valence-electron chi connectivity index (χ4n) is 3.20. The highest BCUT2D eigenvalue weighted by molar-refractivity contribution is 6.08. The third kappa shape index (κ3) is 3.35. The van der Waals surface area contributed by atoms with E-state index in [2.05, 4.69) is 15.3 Å². The van der Waals surface area contributed by atoms with Crippen molar-refractivity contribution in [1.82, 2.24) is 9.97 Å². The van der Waals surface area contributed by atoms with Crippen LogP contribution in [0, 0.1) is 0 Å². The molecule has 150 valence electrons. The number of esters is 1. The third-order valence-electron chi connectivity index (χ3n) is 4.70. The molecule has 8 heteroatoms. The summed E-state index contributed by atoms with van der Waals surface area (Å²) in [6.07, 6.45) is 2.75. The van der Waals surface area contributed by atoms with Gasteiger partial charge in [0.25, 0.3) is 5.91 Å². The molecule has 2 heterocycles. The molecule has 0 aliphatic rings. The van der Waals surface area contributed by atoms with Crippen LogP contribution in [0.2, 0.25) is 0 Å². The summed E-state index contributed by atoms with van der Waals surface area (Å²) >= 11 is 0. The fourth-order valence-corrected chi connectivity index (χ4v) is 3.20. The smallest absolute Gasteiger partial charge is 0.341 e. The fraction of sp³-hybridized carbons (Fsp3) is 0.0909. The Kier molecular flexibility index (Phi) is 4.89. The number of pyridine rings is 2. The van der Waals surface area contributed by atoms with Crippen LogP contribution < -0.4 is 16.5 Å². The van der Waals surface area contributed by atoms with Crippen LogP contribution in [0.15, 0.2) is 59.7 Å². The van der Waals surface area contributed by atoms with Gasteiger partial charge in [0.05, 0.1) is 17.8 Å². The highest BCUT2D eigenvalue weighted by atomic mass is 16.5. The Morgan fingerprint density at radius 3 is 2.73 bits per heavy atom. The summed E-state index contributed by atoms with van der Waals surface area (Å²) in [6.45, 7) is 1.91. The number of rotatable bonds is 4. The molecule has 1 amide bonds. The van der Waals surface area contributed by atoms with E-state index >= 15 is 0 Å². The Balaban J connectivity index is 1.69. The summed E-state index contributed by atoms with van der Waals surface area (Å²) < 4.78 is 4.99. The van der Waals surface area contributed by atoms with Gasteiger partial charge >= 0.3 is 5.97 Å². The van der Waals surface area contributed by atoms with Crippen molar-refractivity contribution in [1.29, 1.82) is 0 Å². The number of ether oxygens (including phenoxy) is 1. The average molecular weight is 402 g/mol. The molecule has 0 radical (unpaired) electrons. The number of nitrogen functional groups attached to an aromatic ring is 1. The van der Waals surface area contributed by atoms with Crippen molar-refractivity contribution in [3.05, 3.63) is 76.2 Å². The maximum atomic E-state index is 12.7. The predicted octanol–water partition coefficient (Wildman–Crippen LogP) is 3.09. The highest BCUT2D eigenvalue weighted by Crippen LogP contribution is 2.26. The molecule has 2 aromatic heterocycles. The van der Waals surface area contributed by atoms with Gasteiger partial charge in [-0.25, -0.2) is 4.79 Å². The minimum atomic E-state index is -0.568. The third-order valence-corrected chi connectivity index (χ3v) is 4.70. The number of anilines is 2. The summed E-state index contributed by atoms with van der Waals surface area (Å²) in [6, 6.07) is 11.9. The minimum Gasteiger partial charge on any atom is -0.462 e. The van der Waals surface area contributed by atoms with Crippen molar-refractivity contribution >= 4 is 45.1 Å². The Morgan fingerprint density at radius 1 is 1.13 bits per heavy atom. The SMILES string of the molecule is CCOC(=O)c1cnc2ccc(NC(=O)c3c[nH]c4ccccc4c3=O)cc2c1N. The van der Waals surface area contributed by atoms with Gasteiger partial charge in [0, 0.05) is 34.4 Å². The molecular formula is C22H18N4O4. The number of hydrogen-bond acceptors (Lipinski definition) is 6. The number of benzene rings is 2. The molecule has 0 aliphatic heterocycles. The summed E-state index contributed by atoms with van der Waals surface area (Å²) in [5.41, 5.74) is 7.73. The molecule has 0 saturated carbocycles. The Bertz CT molecular complexity index is 1360. The van der Waals surface area contributed by atoms with Crippen molar-refractivity contribution in [2.45, 2.75) is 6.92 Å². The van der Waals surface area contributed by atoms with Crippen LogP contribution in [0.1, 0.15) is 27.6 Å². The number of H-pyrrole nitrogens is 1. The lowest BCUT2D eigenvalue weighted by Gasteiger charge is -2.10. The number of hydrogen-bond donors (Lipinski definition) is 3. The summed E-state index contributed by atoms with van der Waals surface area (Å²) in [4.78, 5) is 44.6. The van der Waals surface area contributed by atoms with Gasteiger partial charge in [0.1, 0.15) is 11.1 Å². The second-order valence-corrected chi connectivity index (χ2v) is 6.57. The summed E-state index contributed by atoms with van der Waals surface area (Å²) in [5, 5.41) is 3.62. The quantitative estimate of drug-likeness (QED) is 0.450. The van der Waals surface area contributed by atoms with E-state index in [1.807, 2.05) is 0 Å². The standard InChI is InChI=1S/C22H18N4O4/c1-2-30-22(29)15-10-24-18-8-7-12(9-14(18)19(15)23)26-21(28)16-11-25-17-6-4-3-5-13(17)20(16)27/h3-11H,2H2,1H3,(H2,23,24)(H,25,27)(H,26,28). The van der Waals surface area contributed by atoms with Gasteiger partial charge in [0.2, 0.25) is 5.43 Å². The number of aromatic nitrogens is 2.